The normalized spacial score (nSPS) is 26.3. The summed E-state index contributed by atoms with van der Waals surface area (Å²) in [6, 6.07) is 8.63. The van der Waals surface area contributed by atoms with E-state index < -0.39 is 19.9 Å². The zero-order valence-corrected chi connectivity index (χ0v) is 22.4. The van der Waals surface area contributed by atoms with Crippen molar-refractivity contribution in [2.45, 2.75) is 73.9 Å². The topological polar surface area (TPSA) is 103 Å². The van der Waals surface area contributed by atoms with Gasteiger partial charge in [-0.05, 0) is 81.9 Å². The van der Waals surface area contributed by atoms with Gasteiger partial charge in [-0.2, -0.15) is 0 Å². The summed E-state index contributed by atoms with van der Waals surface area (Å²) in [4.78, 5) is 9.60. The molecule has 8 nitrogen and oxygen atoms in total. The number of hydrogen-bond acceptors (Lipinski definition) is 6. The number of benzene rings is 1. The van der Waals surface area contributed by atoms with E-state index in [-0.39, 0.29) is 21.0 Å². The van der Waals surface area contributed by atoms with Gasteiger partial charge in [0.25, 0.3) is 10.0 Å². The molecule has 0 spiro atoms. The SMILES string of the molecule is Cc1ccc(S(=O)(=O)n2ccc3c2ncc2cnc(C45CCC(CS(=O)(=O)C6CC6)(CC4)CC5)n23)cc1. The molecule has 4 fully saturated rings. The van der Waals surface area contributed by atoms with Crippen LogP contribution in [0, 0.1) is 12.3 Å². The molecule has 194 valence electrons. The van der Waals surface area contributed by atoms with Crippen LogP contribution in [-0.2, 0) is 25.3 Å². The lowest BCUT2D eigenvalue weighted by Gasteiger charge is -2.52. The zero-order chi connectivity index (χ0) is 25.6. The van der Waals surface area contributed by atoms with Gasteiger partial charge in [-0.15, -0.1) is 0 Å². The Labute approximate surface area is 216 Å². The van der Waals surface area contributed by atoms with E-state index in [4.69, 9.17) is 4.98 Å². The predicted octanol–water partition coefficient (Wildman–Crippen LogP) is 4.40. The average Bonchev–Trinajstić information content (AvgIpc) is 3.51. The summed E-state index contributed by atoms with van der Waals surface area (Å²) >= 11 is 0. The summed E-state index contributed by atoms with van der Waals surface area (Å²) in [7, 11) is -6.80. The van der Waals surface area contributed by atoms with Crippen LogP contribution in [-0.4, -0.2) is 46.2 Å². The van der Waals surface area contributed by atoms with Gasteiger partial charge in [0, 0.05) is 11.6 Å². The monoisotopic (exact) mass is 538 g/mol. The lowest BCUT2D eigenvalue weighted by Crippen LogP contribution is -2.48. The van der Waals surface area contributed by atoms with Crippen molar-refractivity contribution >= 4 is 36.5 Å². The minimum Gasteiger partial charge on any atom is -0.291 e. The predicted molar refractivity (Wildman–Crippen MR) is 141 cm³/mol. The first kappa shape index (κ1) is 23.4. The second-order valence-electron chi connectivity index (χ2n) is 11.5. The number of rotatable bonds is 6. The molecular formula is C27H30N4O4S2. The van der Waals surface area contributed by atoms with E-state index in [2.05, 4.69) is 9.38 Å². The highest BCUT2D eigenvalue weighted by atomic mass is 32.2. The molecule has 4 aliphatic carbocycles. The average molecular weight is 539 g/mol. The molecule has 0 radical (unpaired) electrons. The molecule has 10 heteroatoms. The van der Waals surface area contributed by atoms with Crippen LogP contribution in [0.2, 0.25) is 0 Å². The smallest absolute Gasteiger partial charge is 0.269 e. The molecule has 0 unspecified atom stereocenters. The number of sulfone groups is 1. The Bertz CT molecular complexity index is 1740. The fourth-order valence-corrected chi connectivity index (χ4v) is 10.4. The van der Waals surface area contributed by atoms with Crippen LogP contribution >= 0.6 is 0 Å². The minimum absolute atomic E-state index is 0.0987. The van der Waals surface area contributed by atoms with Crippen LogP contribution in [0.3, 0.4) is 0 Å². The molecule has 2 bridgehead atoms. The van der Waals surface area contributed by atoms with Gasteiger partial charge >= 0.3 is 0 Å². The van der Waals surface area contributed by atoms with Crippen molar-refractivity contribution in [3.63, 3.8) is 0 Å². The fraction of sp³-hybridized carbons (Fsp3) is 0.481. The number of aromatic nitrogens is 4. The third kappa shape index (κ3) is 3.51. The van der Waals surface area contributed by atoms with Gasteiger partial charge in [0.05, 0.1) is 39.3 Å². The summed E-state index contributed by atoms with van der Waals surface area (Å²) in [5.41, 5.74) is 2.69. The van der Waals surface area contributed by atoms with Crippen molar-refractivity contribution in [2.24, 2.45) is 5.41 Å². The van der Waals surface area contributed by atoms with E-state index in [0.29, 0.717) is 16.9 Å². The molecule has 0 atom stereocenters. The Balaban J connectivity index is 1.27. The highest BCUT2D eigenvalue weighted by molar-refractivity contribution is 7.92. The van der Waals surface area contributed by atoms with E-state index in [1.165, 1.54) is 3.97 Å². The third-order valence-electron chi connectivity index (χ3n) is 9.15. The van der Waals surface area contributed by atoms with Crippen molar-refractivity contribution in [1.82, 2.24) is 18.3 Å². The number of imidazole rings is 1. The second kappa shape index (κ2) is 7.66. The lowest BCUT2D eigenvalue weighted by molar-refractivity contribution is 0.0530. The summed E-state index contributed by atoms with van der Waals surface area (Å²) < 4.78 is 55.8. The van der Waals surface area contributed by atoms with Gasteiger partial charge in [0.2, 0.25) is 0 Å². The number of fused-ring (bicyclic) bond motifs is 6. The number of aryl methyl sites for hydroxylation is 1. The van der Waals surface area contributed by atoms with Crippen LogP contribution in [0.1, 0.15) is 62.8 Å². The standard InChI is InChI=1S/C27H30N4O4S2/c1-19-2-4-22(5-3-19)37(34,35)30-15-8-23-24(30)28-16-20-17-29-25(31(20)23)27-12-9-26(10-13-27,11-14-27)18-36(32,33)21-6-7-21/h2-5,8,15-17,21H,6-7,9-14,18H2,1H3. The van der Waals surface area contributed by atoms with Crippen LogP contribution in [0.25, 0.3) is 16.7 Å². The van der Waals surface area contributed by atoms with Gasteiger partial charge in [-0.3, -0.25) is 4.40 Å². The second-order valence-corrected chi connectivity index (χ2v) is 15.6. The maximum atomic E-state index is 13.5. The van der Waals surface area contributed by atoms with E-state index >= 15 is 0 Å². The molecular weight excluding hydrogens is 508 g/mol. The Morgan fingerprint density at radius 3 is 2.19 bits per heavy atom. The largest absolute Gasteiger partial charge is 0.291 e. The zero-order valence-electron chi connectivity index (χ0n) is 20.8. The van der Waals surface area contributed by atoms with Crippen molar-refractivity contribution in [3.8, 4) is 0 Å². The Morgan fingerprint density at radius 1 is 0.892 bits per heavy atom. The molecule has 0 saturated heterocycles. The van der Waals surface area contributed by atoms with Gasteiger partial charge < -0.3 is 0 Å². The molecule has 0 aliphatic heterocycles. The van der Waals surface area contributed by atoms with E-state index in [1.807, 2.05) is 13.1 Å². The van der Waals surface area contributed by atoms with Crippen molar-refractivity contribution in [2.75, 3.05) is 5.75 Å². The highest BCUT2D eigenvalue weighted by Crippen LogP contribution is 2.58. The van der Waals surface area contributed by atoms with Gasteiger partial charge in [-0.1, -0.05) is 17.7 Å². The third-order valence-corrected chi connectivity index (χ3v) is 13.3. The summed E-state index contributed by atoms with van der Waals surface area (Å²) in [6.07, 6.45) is 12.1. The van der Waals surface area contributed by atoms with Crippen LogP contribution < -0.4 is 0 Å². The Hall–Kier alpha value is -2.72. The molecule has 0 N–H and O–H groups in total. The Kier molecular flexibility index (Phi) is 4.85. The van der Waals surface area contributed by atoms with Crippen LogP contribution in [0.4, 0.5) is 0 Å². The number of hydrogen-bond donors (Lipinski definition) is 0. The molecule has 3 aromatic heterocycles. The highest BCUT2D eigenvalue weighted by Gasteiger charge is 2.53. The van der Waals surface area contributed by atoms with Crippen molar-refractivity contribution in [3.05, 3.63) is 60.3 Å². The quantitative estimate of drug-likeness (QED) is 0.361. The molecule has 4 saturated carbocycles. The molecule has 3 heterocycles. The molecule has 37 heavy (non-hydrogen) atoms. The van der Waals surface area contributed by atoms with Gasteiger partial charge in [0.15, 0.2) is 15.5 Å². The summed E-state index contributed by atoms with van der Waals surface area (Å²) in [5, 5.41) is -0.104. The van der Waals surface area contributed by atoms with Crippen LogP contribution in [0.5, 0.6) is 0 Å². The fourth-order valence-electron chi connectivity index (χ4n) is 6.71. The van der Waals surface area contributed by atoms with E-state index in [0.717, 1.165) is 68.3 Å². The lowest BCUT2D eigenvalue weighted by atomic mass is 9.54. The first-order valence-electron chi connectivity index (χ1n) is 13.0. The van der Waals surface area contributed by atoms with Crippen molar-refractivity contribution < 1.29 is 16.8 Å². The molecule has 8 rings (SSSR count). The molecule has 0 amide bonds. The minimum atomic E-state index is -3.81. The molecule has 1 aromatic carbocycles. The van der Waals surface area contributed by atoms with E-state index in [9.17, 15) is 16.8 Å². The Morgan fingerprint density at radius 2 is 1.54 bits per heavy atom. The van der Waals surface area contributed by atoms with E-state index in [1.54, 1.807) is 42.7 Å². The molecule has 4 aromatic rings. The van der Waals surface area contributed by atoms with Crippen molar-refractivity contribution in [1.29, 1.82) is 0 Å². The van der Waals surface area contributed by atoms with Gasteiger partial charge in [-0.25, -0.2) is 30.8 Å². The first-order valence-corrected chi connectivity index (χ1v) is 16.2. The molecule has 4 aliphatic rings. The maximum absolute atomic E-state index is 13.5. The van der Waals surface area contributed by atoms with Gasteiger partial charge in [0.1, 0.15) is 5.82 Å². The number of nitrogens with zero attached hydrogens (tertiary/aromatic N) is 4. The summed E-state index contributed by atoms with van der Waals surface area (Å²) in [6.45, 7) is 1.92. The van der Waals surface area contributed by atoms with Crippen LogP contribution in [0.15, 0.2) is 53.8 Å². The summed E-state index contributed by atoms with van der Waals surface area (Å²) in [5.74, 6) is 1.27. The first-order chi connectivity index (χ1) is 17.6. The maximum Gasteiger partial charge on any atom is 0.269 e.